The van der Waals surface area contributed by atoms with Crippen molar-refractivity contribution in [3.8, 4) is 0 Å². The standard InChI is InChI=1S/C73H142O17P2/c1-8-11-12-13-30-40-47-54-70(75)83-60-69(90-73(78)57-50-43-36-35-37-44-51-64(4)5)63-88-92(81,82)86-59-67(74)58-85-91(79,80)87-62-68(61-84-71(76)55-48-41-33-28-25-24-27-32-39-46-53-66(7)10-3)89-72(77)56-49-42-34-29-23-21-19-17-15-14-16-18-20-22-26-31-38-45-52-65(6)9-2/h64-69,74H,8-63H2,1-7H3,(H,79,80)(H,81,82)/t65?,66?,67-,68-,69-/m1/s1. The van der Waals surface area contributed by atoms with Gasteiger partial charge in [-0.1, -0.05) is 318 Å². The number of ether oxygens (including phenoxy) is 4. The van der Waals surface area contributed by atoms with Gasteiger partial charge in [0, 0.05) is 25.7 Å². The first-order valence-electron chi connectivity index (χ1n) is 37.9. The smallest absolute Gasteiger partial charge is 0.462 e. The van der Waals surface area contributed by atoms with Crippen LogP contribution in [0.4, 0.5) is 0 Å². The lowest BCUT2D eigenvalue weighted by Gasteiger charge is -2.21. The van der Waals surface area contributed by atoms with Crippen molar-refractivity contribution in [3.05, 3.63) is 0 Å². The van der Waals surface area contributed by atoms with Crippen molar-refractivity contribution >= 4 is 39.5 Å². The molecule has 0 aromatic heterocycles. The van der Waals surface area contributed by atoms with Crippen LogP contribution >= 0.6 is 15.6 Å². The molecule has 0 aliphatic rings. The van der Waals surface area contributed by atoms with Gasteiger partial charge in [-0.15, -0.1) is 0 Å². The lowest BCUT2D eigenvalue weighted by Crippen LogP contribution is -2.30. The van der Waals surface area contributed by atoms with Crippen LogP contribution in [0, 0.1) is 17.8 Å². The molecule has 7 atom stereocenters. The molecule has 0 bridgehead atoms. The van der Waals surface area contributed by atoms with E-state index in [-0.39, 0.29) is 25.7 Å². The number of hydrogen-bond donors (Lipinski definition) is 3. The number of aliphatic hydroxyl groups excluding tert-OH is 1. The molecule has 17 nitrogen and oxygen atoms in total. The van der Waals surface area contributed by atoms with Crippen LogP contribution in [0.3, 0.4) is 0 Å². The number of phosphoric acid groups is 2. The molecule has 0 aromatic rings. The summed E-state index contributed by atoms with van der Waals surface area (Å²) in [6.45, 7) is 11.8. The second kappa shape index (κ2) is 63.8. The Balaban J connectivity index is 5.14. The normalized spacial score (nSPS) is 14.7. The van der Waals surface area contributed by atoms with E-state index in [2.05, 4.69) is 48.5 Å². The summed E-state index contributed by atoms with van der Waals surface area (Å²) >= 11 is 0. The average molecular weight is 1350 g/mol. The average Bonchev–Trinajstić information content (AvgIpc) is 3.28. The second-order valence-corrected chi connectivity index (χ2v) is 30.2. The monoisotopic (exact) mass is 1350 g/mol. The molecule has 4 unspecified atom stereocenters. The molecule has 0 fully saturated rings. The van der Waals surface area contributed by atoms with Gasteiger partial charge in [-0.05, 0) is 43.4 Å². The van der Waals surface area contributed by atoms with Gasteiger partial charge in [0.2, 0.25) is 0 Å². The Morgan fingerprint density at radius 1 is 0.315 bits per heavy atom. The Kier molecular flexibility index (Phi) is 62.4. The second-order valence-electron chi connectivity index (χ2n) is 27.3. The van der Waals surface area contributed by atoms with Gasteiger partial charge < -0.3 is 33.8 Å². The molecule has 0 heterocycles. The van der Waals surface area contributed by atoms with Crippen LogP contribution in [-0.2, 0) is 65.4 Å². The third-order valence-corrected chi connectivity index (χ3v) is 19.5. The van der Waals surface area contributed by atoms with Crippen molar-refractivity contribution in [1.29, 1.82) is 0 Å². The summed E-state index contributed by atoms with van der Waals surface area (Å²) in [5.74, 6) is 0.218. The minimum absolute atomic E-state index is 0.102. The predicted molar refractivity (Wildman–Crippen MR) is 372 cm³/mol. The molecule has 0 radical (unpaired) electrons. The summed E-state index contributed by atoms with van der Waals surface area (Å²) in [5.41, 5.74) is 0. The topological polar surface area (TPSA) is 237 Å². The molecule has 0 saturated carbocycles. The molecule has 0 spiro atoms. The number of aliphatic hydroxyl groups is 1. The Bertz CT molecular complexity index is 1810. The van der Waals surface area contributed by atoms with Crippen molar-refractivity contribution < 1.29 is 80.2 Å². The van der Waals surface area contributed by atoms with Gasteiger partial charge in [0.05, 0.1) is 26.4 Å². The van der Waals surface area contributed by atoms with Crippen molar-refractivity contribution in [2.24, 2.45) is 17.8 Å². The van der Waals surface area contributed by atoms with Crippen molar-refractivity contribution in [3.63, 3.8) is 0 Å². The van der Waals surface area contributed by atoms with Crippen LogP contribution in [0.2, 0.25) is 0 Å². The number of phosphoric ester groups is 2. The van der Waals surface area contributed by atoms with Crippen LogP contribution in [-0.4, -0.2) is 96.7 Å². The van der Waals surface area contributed by atoms with Crippen molar-refractivity contribution in [2.75, 3.05) is 39.6 Å². The molecule has 92 heavy (non-hydrogen) atoms. The molecule has 546 valence electrons. The molecule has 0 aliphatic carbocycles. The molecule has 3 N–H and O–H groups in total. The first kappa shape index (κ1) is 90.1. The van der Waals surface area contributed by atoms with E-state index in [9.17, 15) is 43.2 Å². The van der Waals surface area contributed by atoms with E-state index >= 15 is 0 Å². The van der Waals surface area contributed by atoms with Gasteiger partial charge in [-0.25, -0.2) is 9.13 Å². The van der Waals surface area contributed by atoms with E-state index in [1.807, 2.05) is 0 Å². The van der Waals surface area contributed by atoms with Gasteiger partial charge in [-0.2, -0.15) is 0 Å². The highest BCUT2D eigenvalue weighted by Crippen LogP contribution is 2.45. The van der Waals surface area contributed by atoms with Crippen LogP contribution in [0.1, 0.15) is 370 Å². The first-order chi connectivity index (χ1) is 44.3. The van der Waals surface area contributed by atoms with Crippen LogP contribution in [0.15, 0.2) is 0 Å². The number of unbranched alkanes of at least 4 members (excludes halogenated alkanes) is 37. The molecule has 19 heteroatoms. The van der Waals surface area contributed by atoms with E-state index in [0.717, 1.165) is 115 Å². The highest BCUT2D eigenvalue weighted by Gasteiger charge is 2.30. The van der Waals surface area contributed by atoms with Gasteiger partial charge in [0.1, 0.15) is 19.3 Å². The quantitative estimate of drug-likeness (QED) is 0.0222. The van der Waals surface area contributed by atoms with Crippen molar-refractivity contribution in [2.45, 2.75) is 388 Å². The summed E-state index contributed by atoms with van der Waals surface area (Å²) in [7, 11) is -9.90. The van der Waals surface area contributed by atoms with Crippen LogP contribution < -0.4 is 0 Å². The third-order valence-electron chi connectivity index (χ3n) is 17.6. The van der Waals surface area contributed by atoms with Gasteiger partial charge in [-0.3, -0.25) is 37.3 Å². The number of esters is 4. The third kappa shape index (κ3) is 64.1. The Labute approximate surface area is 562 Å². The molecule has 0 aromatic carbocycles. The minimum Gasteiger partial charge on any atom is -0.462 e. The van der Waals surface area contributed by atoms with Gasteiger partial charge in [0.15, 0.2) is 12.2 Å². The van der Waals surface area contributed by atoms with E-state index in [4.69, 9.17) is 37.0 Å². The number of carbonyl (C=O) groups excluding carboxylic acids is 4. The number of carbonyl (C=O) groups is 4. The van der Waals surface area contributed by atoms with E-state index in [1.54, 1.807) is 0 Å². The maximum Gasteiger partial charge on any atom is 0.472 e. The van der Waals surface area contributed by atoms with Gasteiger partial charge >= 0.3 is 39.5 Å². The zero-order valence-corrected chi connectivity index (χ0v) is 61.8. The van der Waals surface area contributed by atoms with Crippen LogP contribution in [0.5, 0.6) is 0 Å². The highest BCUT2D eigenvalue weighted by atomic mass is 31.2. The molecular formula is C73H142O17P2. The highest BCUT2D eigenvalue weighted by molar-refractivity contribution is 7.47. The van der Waals surface area contributed by atoms with E-state index in [1.165, 1.54) is 167 Å². The number of rotatable bonds is 71. The first-order valence-corrected chi connectivity index (χ1v) is 40.9. The molecule has 0 aliphatic heterocycles. The van der Waals surface area contributed by atoms with E-state index < -0.39 is 97.5 Å². The molecule has 0 saturated heterocycles. The fourth-order valence-corrected chi connectivity index (χ4v) is 12.6. The van der Waals surface area contributed by atoms with Gasteiger partial charge in [0.25, 0.3) is 0 Å². The summed E-state index contributed by atoms with van der Waals surface area (Å²) in [6, 6.07) is 0. The Morgan fingerprint density at radius 2 is 0.554 bits per heavy atom. The predicted octanol–water partition coefficient (Wildman–Crippen LogP) is 21.0. The summed E-state index contributed by atoms with van der Waals surface area (Å²) in [4.78, 5) is 72.4. The SMILES string of the molecule is CCCCCCCCCC(=O)OC[C@H](COP(=O)(O)OC[C@H](O)COP(=O)(O)OC[C@@H](COC(=O)CCCCCCCCCCCCC(C)CC)OC(=O)CCCCCCCCCCCCCCCCCCCCC(C)CC)OC(=O)CCCCCCCCC(C)C. The lowest BCUT2D eigenvalue weighted by molar-refractivity contribution is -0.161. The maximum absolute atomic E-state index is 13.1. The van der Waals surface area contributed by atoms with E-state index in [0.29, 0.717) is 31.6 Å². The lowest BCUT2D eigenvalue weighted by atomic mass is 9.99. The molecule has 0 rings (SSSR count). The zero-order valence-electron chi connectivity index (χ0n) is 60.0. The summed E-state index contributed by atoms with van der Waals surface area (Å²) in [6.07, 6.45) is 48.9. The Morgan fingerprint density at radius 3 is 0.826 bits per heavy atom. The Hall–Kier alpha value is -1.94. The fraction of sp³-hybridized carbons (Fsp3) is 0.945. The summed E-state index contributed by atoms with van der Waals surface area (Å²) < 4.78 is 68.2. The molecule has 0 amide bonds. The molecular weight excluding hydrogens is 1210 g/mol. The number of hydrogen-bond acceptors (Lipinski definition) is 15. The maximum atomic E-state index is 13.1. The largest absolute Gasteiger partial charge is 0.472 e. The van der Waals surface area contributed by atoms with Crippen LogP contribution in [0.25, 0.3) is 0 Å². The summed E-state index contributed by atoms with van der Waals surface area (Å²) in [5, 5.41) is 10.6. The zero-order chi connectivity index (χ0) is 68.0. The van der Waals surface area contributed by atoms with Crippen molar-refractivity contribution in [1.82, 2.24) is 0 Å². The fourth-order valence-electron chi connectivity index (χ4n) is 11.0. The minimum atomic E-state index is -4.95.